The van der Waals surface area contributed by atoms with Gasteiger partial charge in [0.2, 0.25) is 0 Å². The van der Waals surface area contributed by atoms with Crippen molar-refractivity contribution in [2.45, 2.75) is 63.3 Å². The first-order valence-corrected chi connectivity index (χ1v) is 8.71. The Morgan fingerprint density at radius 3 is 2.12 bits per heavy atom. The van der Waals surface area contributed by atoms with Crippen molar-refractivity contribution in [3.8, 4) is 0 Å². The maximum absolute atomic E-state index is 12.3. The molecule has 1 saturated carbocycles. The minimum atomic E-state index is -5.80. The number of alkyl halides is 3. The number of carbonyl (C=O) groups is 2. The van der Waals surface area contributed by atoms with Crippen LogP contribution in [-0.2, 0) is 28.6 Å². The summed E-state index contributed by atoms with van der Waals surface area (Å²) in [5.74, 6) is -0.912. The number of amides is 1. The van der Waals surface area contributed by atoms with E-state index in [1.165, 1.54) is 6.92 Å². The molecule has 0 heterocycles. The van der Waals surface area contributed by atoms with Gasteiger partial charge in [-0.05, 0) is 27.7 Å². The van der Waals surface area contributed by atoms with Crippen LogP contribution >= 0.6 is 0 Å². The van der Waals surface area contributed by atoms with Crippen molar-refractivity contribution in [2.75, 3.05) is 6.61 Å². The van der Waals surface area contributed by atoms with E-state index in [1.54, 1.807) is 20.8 Å². The van der Waals surface area contributed by atoms with E-state index < -0.39 is 57.8 Å². The molecule has 0 bridgehead atoms. The van der Waals surface area contributed by atoms with Crippen LogP contribution in [0.4, 0.5) is 18.0 Å². The molecule has 25 heavy (non-hydrogen) atoms. The molecule has 0 aliphatic heterocycles. The first-order valence-electron chi connectivity index (χ1n) is 7.30. The summed E-state index contributed by atoms with van der Waals surface area (Å²) in [5, 5.41) is 2.23. The summed E-state index contributed by atoms with van der Waals surface area (Å²) >= 11 is 0. The summed E-state index contributed by atoms with van der Waals surface area (Å²) in [5.41, 5.74) is -8.16. The molecule has 0 unspecified atom stereocenters. The van der Waals surface area contributed by atoms with Crippen molar-refractivity contribution in [2.24, 2.45) is 0 Å². The minimum absolute atomic E-state index is 0.0387. The van der Waals surface area contributed by atoms with Gasteiger partial charge in [0.05, 0.1) is 12.7 Å². The zero-order chi connectivity index (χ0) is 19.7. The van der Waals surface area contributed by atoms with E-state index >= 15 is 0 Å². The quantitative estimate of drug-likeness (QED) is 0.433. The Hall–Kier alpha value is -1.56. The lowest BCUT2D eigenvalue weighted by Gasteiger charge is -2.44. The molecule has 1 aliphatic carbocycles. The van der Waals surface area contributed by atoms with Crippen LogP contribution in [0.2, 0.25) is 0 Å². The fourth-order valence-electron chi connectivity index (χ4n) is 2.11. The fraction of sp³-hybridized carbons (Fsp3) is 0.846. The van der Waals surface area contributed by atoms with E-state index in [2.05, 4.69) is 9.50 Å². The summed E-state index contributed by atoms with van der Waals surface area (Å²) in [6, 6.07) is 0. The molecule has 1 N–H and O–H groups in total. The van der Waals surface area contributed by atoms with Gasteiger partial charge in [0, 0.05) is 12.8 Å². The molecule has 0 aromatic heterocycles. The lowest BCUT2D eigenvalue weighted by molar-refractivity contribution is -0.160. The average Bonchev–Trinajstić information content (AvgIpc) is 2.31. The van der Waals surface area contributed by atoms with E-state index in [-0.39, 0.29) is 6.61 Å². The smallest absolute Gasteiger partial charge is 0.464 e. The highest BCUT2D eigenvalue weighted by Crippen LogP contribution is 2.39. The zero-order valence-electron chi connectivity index (χ0n) is 14.1. The second-order valence-electron chi connectivity index (χ2n) is 6.46. The summed E-state index contributed by atoms with van der Waals surface area (Å²) in [4.78, 5) is 23.9. The fourth-order valence-corrected chi connectivity index (χ4v) is 2.71. The zero-order valence-corrected chi connectivity index (χ0v) is 14.9. The van der Waals surface area contributed by atoms with E-state index in [0.29, 0.717) is 0 Å². The van der Waals surface area contributed by atoms with E-state index in [9.17, 15) is 31.2 Å². The van der Waals surface area contributed by atoms with Crippen molar-refractivity contribution < 1.29 is 44.8 Å². The molecule has 146 valence electrons. The number of nitrogens with one attached hydrogen (secondary N) is 1. The topological polar surface area (TPSA) is 108 Å². The summed E-state index contributed by atoms with van der Waals surface area (Å²) in [6.45, 7) is 6.19. The van der Waals surface area contributed by atoms with Crippen molar-refractivity contribution in [3.05, 3.63) is 0 Å². The van der Waals surface area contributed by atoms with Crippen LogP contribution in [0.25, 0.3) is 0 Å². The second-order valence-corrected chi connectivity index (χ2v) is 8.02. The molecule has 1 rings (SSSR count). The Morgan fingerprint density at radius 2 is 1.72 bits per heavy atom. The highest BCUT2D eigenvalue weighted by atomic mass is 32.2. The van der Waals surface area contributed by atoms with Crippen molar-refractivity contribution >= 4 is 22.2 Å². The Morgan fingerprint density at radius 1 is 1.20 bits per heavy atom. The molecular weight excluding hydrogens is 371 g/mol. The first kappa shape index (κ1) is 21.5. The molecule has 1 amide bonds. The normalized spacial score (nSPS) is 24.2. The Balaban J connectivity index is 2.83. The standard InChI is InChI=1S/C13H20F3NO7S/c1-5-22-9(18)12(17-10(19)23-11(2,3)4)6-8(7-12)24-25(20,21)13(14,15)16/h8H,5-7H2,1-4H3,(H,17,19). The number of hydrogen-bond acceptors (Lipinski definition) is 7. The molecule has 0 aromatic rings. The van der Waals surface area contributed by atoms with Crippen molar-refractivity contribution in [1.29, 1.82) is 0 Å². The van der Waals surface area contributed by atoms with Crippen molar-refractivity contribution in [1.82, 2.24) is 5.32 Å². The lowest BCUT2D eigenvalue weighted by Crippen LogP contribution is -2.66. The maximum Gasteiger partial charge on any atom is 0.523 e. The highest BCUT2D eigenvalue weighted by Gasteiger charge is 2.58. The second kappa shape index (κ2) is 6.98. The van der Waals surface area contributed by atoms with Crippen LogP contribution in [0.15, 0.2) is 0 Å². The molecule has 0 atom stereocenters. The van der Waals surface area contributed by atoms with Crippen LogP contribution in [-0.4, -0.2) is 49.8 Å². The van der Waals surface area contributed by atoms with Gasteiger partial charge in [-0.2, -0.15) is 21.6 Å². The van der Waals surface area contributed by atoms with Crippen LogP contribution in [0.3, 0.4) is 0 Å². The number of esters is 1. The van der Waals surface area contributed by atoms with Crippen LogP contribution in [0, 0.1) is 0 Å². The van der Waals surface area contributed by atoms with Crippen LogP contribution in [0.1, 0.15) is 40.5 Å². The summed E-state index contributed by atoms with van der Waals surface area (Å²) < 4.78 is 72.8. The Bertz CT molecular complexity index is 619. The third kappa shape index (κ3) is 5.46. The number of alkyl carbamates (subject to hydrolysis) is 1. The maximum atomic E-state index is 12.3. The third-order valence-electron chi connectivity index (χ3n) is 3.10. The van der Waals surface area contributed by atoms with Gasteiger partial charge in [-0.3, -0.25) is 4.18 Å². The SMILES string of the molecule is CCOC(=O)C1(NC(=O)OC(C)(C)C)CC(OS(=O)(=O)C(F)(F)F)C1. The molecule has 0 spiro atoms. The predicted octanol–water partition coefficient (Wildman–Crippen LogP) is 1.84. The lowest BCUT2D eigenvalue weighted by atomic mass is 9.74. The predicted molar refractivity (Wildman–Crippen MR) is 77.8 cm³/mol. The van der Waals surface area contributed by atoms with Crippen LogP contribution < -0.4 is 5.32 Å². The van der Waals surface area contributed by atoms with Crippen LogP contribution in [0.5, 0.6) is 0 Å². The van der Waals surface area contributed by atoms with Gasteiger partial charge in [-0.25, -0.2) is 9.59 Å². The summed E-state index contributed by atoms with van der Waals surface area (Å²) in [6.07, 6.45) is -3.41. The highest BCUT2D eigenvalue weighted by molar-refractivity contribution is 7.87. The molecule has 1 aliphatic rings. The first-order chi connectivity index (χ1) is 11.1. The number of ether oxygens (including phenoxy) is 2. The third-order valence-corrected chi connectivity index (χ3v) is 4.20. The summed E-state index contributed by atoms with van der Waals surface area (Å²) in [7, 11) is -5.80. The molecule has 0 saturated heterocycles. The number of halogens is 3. The molecular formula is C13H20F3NO7S. The monoisotopic (exact) mass is 391 g/mol. The van der Waals surface area contributed by atoms with Gasteiger partial charge < -0.3 is 14.8 Å². The molecule has 0 radical (unpaired) electrons. The Labute approximate surface area is 143 Å². The molecule has 0 aromatic carbocycles. The molecule has 1 fully saturated rings. The van der Waals surface area contributed by atoms with Gasteiger partial charge in [-0.15, -0.1) is 0 Å². The van der Waals surface area contributed by atoms with E-state index in [1.807, 2.05) is 0 Å². The van der Waals surface area contributed by atoms with E-state index in [0.717, 1.165) is 0 Å². The number of carbonyl (C=O) groups excluding carboxylic acids is 2. The number of hydrogen-bond donors (Lipinski definition) is 1. The van der Waals surface area contributed by atoms with E-state index in [4.69, 9.17) is 9.47 Å². The van der Waals surface area contributed by atoms with Gasteiger partial charge >= 0.3 is 27.7 Å². The Kier molecular flexibility index (Phi) is 6.00. The van der Waals surface area contributed by atoms with Crippen molar-refractivity contribution in [3.63, 3.8) is 0 Å². The van der Waals surface area contributed by atoms with Gasteiger partial charge in [0.25, 0.3) is 0 Å². The van der Waals surface area contributed by atoms with Gasteiger partial charge in [0.1, 0.15) is 11.1 Å². The molecule has 8 nitrogen and oxygen atoms in total. The minimum Gasteiger partial charge on any atom is -0.464 e. The van der Waals surface area contributed by atoms with Gasteiger partial charge in [-0.1, -0.05) is 0 Å². The van der Waals surface area contributed by atoms with Gasteiger partial charge in [0.15, 0.2) is 0 Å². The largest absolute Gasteiger partial charge is 0.523 e. The molecule has 12 heteroatoms. The average molecular weight is 391 g/mol. The number of rotatable bonds is 5.